The maximum atomic E-state index is 13.9. The van der Waals surface area contributed by atoms with Crippen LogP contribution in [0.3, 0.4) is 0 Å². The Labute approximate surface area is 216 Å². The van der Waals surface area contributed by atoms with E-state index in [-0.39, 0.29) is 5.92 Å². The molecule has 3 aromatic rings. The van der Waals surface area contributed by atoms with Crippen LogP contribution in [0.4, 0.5) is 20.3 Å². The minimum absolute atomic E-state index is 0.217. The molecule has 192 valence electrons. The number of rotatable bonds is 11. The van der Waals surface area contributed by atoms with E-state index in [1.807, 2.05) is 43.3 Å². The van der Waals surface area contributed by atoms with Crippen molar-refractivity contribution < 1.29 is 13.6 Å². The number of hydrogen-bond donors (Lipinski definition) is 3. The van der Waals surface area contributed by atoms with Gasteiger partial charge >= 0.3 is 0 Å². The Kier molecular flexibility index (Phi) is 9.66. The molecule has 1 unspecified atom stereocenters. The highest BCUT2D eigenvalue weighted by molar-refractivity contribution is 5.99. The fourth-order valence-corrected chi connectivity index (χ4v) is 3.96. The molecule has 0 bridgehead atoms. The van der Waals surface area contributed by atoms with Crippen molar-refractivity contribution in [3.63, 3.8) is 0 Å². The molecule has 1 heterocycles. The molecule has 1 amide bonds. The number of pyridine rings is 1. The smallest absolute Gasteiger partial charge is 0.211 e. The quantitative estimate of drug-likeness (QED) is 0.129. The number of halogens is 2. The van der Waals surface area contributed by atoms with Crippen molar-refractivity contribution in [3.8, 4) is 11.1 Å². The Morgan fingerprint density at radius 3 is 2.49 bits per heavy atom. The van der Waals surface area contributed by atoms with Gasteiger partial charge in [0.25, 0.3) is 0 Å². The van der Waals surface area contributed by atoms with Gasteiger partial charge in [-0.25, -0.2) is 13.8 Å². The molecule has 3 rings (SSSR count). The highest BCUT2D eigenvalue weighted by Gasteiger charge is 2.18. The molecule has 0 saturated carbocycles. The van der Waals surface area contributed by atoms with Gasteiger partial charge in [0.05, 0.1) is 5.69 Å². The van der Waals surface area contributed by atoms with Gasteiger partial charge in [-0.3, -0.25) is 9.79 Å². The number of amides is 1. The van der Waals surface area contributed by atoms with E-state index in [0.29, 0.717) is 42.3 Å². The van der Waals surface area contributed by atoms with E-state index in [4.69, 9.17) is 0 Å². The minimum atomic E-state index is -0.875. The summed E-state index contributed by atoms with van der Waals surface area (Å²) in [6, 6.07) is 13.8. The molecular weight excluding hydrogens is 472 g/mol. The highest BCUT2D eigenvalue weighted by atomic mass is 19.2. The van der Waals surface area contributed by atoms with E-state index >= 15 is 0 Å². The molecule has 1 atom stereocenters. The van der Waals surface area contributed by atoms with Gasteiger partial charge in [0.15, 0.2) is 11.6 Å². The van der Waals surface area contributed by atoms with E-state index in [9.17, 15) is 13.6 Å². The maximum Gasteiger partial charge on any atom is 0.211 e. The third kappa shape index (κ3) is 6.88. The summed E-state index contributed by atoms with van der Waals surface area (Å²) in [4.78, 5) is 19.7. The lowest BCUT2D eigenvalue weighted by Crippen LogP contribution is -2.27. The number of nitrogens with one attached hydrogen (secondary N) is 3. The normalized spacial score (nSPS) is 12.6. The first-order valence-electron chi connectivity index (χ1n) is 11.9. The van der Waals surface area contributed by atoms with Crippen LogP contribution in [0.5, 0.6) is 0 Å². The average Bonchev–Trinajstić information content (AvgIpc) is 2.92. The Morgan fingerprint density at radius 1 is 1.11 bits per heavy atom. The van der Waals surface area contributed by atoms with Crippen molar-refractivity contribution in [1.82, 2.24) is 10.3 Å². The zero-order valence-corrected chi connectivity index (χ0v) is 21.2. The van der Waals surface area contributed by atoms with Crippen molar-refractivity contribution in [2.75, 3.05) is 24.7 Å². The number of aliphatic imine (C=N–C) groups is 1. The summed E-state index contributed by atoms with van der Waals surface area (Å²) in [6.07, 6.45) is 6.74. The molecule has 1 aromatic heterocycles. The number of anilines is 2. The molecule has 3 N–H and O–H groups in total. The minimum Gasteiger partial charge on any atom is -0.371 e. The Balaban J connectivity index is 1.77. The summed E-state index contributed by atoms with van der Waals surface area (Å²) >= 11 is 0. The van der Waals surface area contributed by atoms with Gasteiger partial charge in [-0.15, -0.1) is 6.58 Å². The number of allylic oxidation sites excluding steroid dienone is 2. The van der Waals surface area contributed by atoms with Crippen LogP contribution in [0.1, 0.15) is 30.4 Å². The molecule has 0 saturated heterocycles. The largest absolute Gasteiger partial charge is 0.371 e. The van der Waals surface area contributed by atoms with E-state index in [1.165, 1.54) is 6.07 Å². The molecule has 0 aliphatic carbocycles. The summed E-state index contributed by atoms with van der Waals surface area (Å²) in [7, 11) is 3.43. The number of hydrogen-bond acceptors (Lipinski definition) is 4. The summed E-state index contributed by atoms with van der Waals surface area (Å²) < 4.78 is 27.3. The zero-order valence-electron chi connectivity index (χ0n) is 21.2. The fraction of sp³-hybridized carbons (Fsp3) is 0.207. The van der Waals surface area contributed by atoms with Crippen molar-refractivity contribution >= 4 is 23.8 Å². The van der Waals surface area contributed by atoms with Crippen LogP contribution in [0.2, 0.25) is 0 Å². The molecule has 0 aliphatic rings. The lowest BCUT2D eigenvalue weighted by atomic mass is 9.90. The van der Waals surface area contributed by atoms with Crippen LogP contribution in [0.15, 0.2) is 84.0 Å². The van der Waals surface area contributed by atoms with Gasteiger partial charge in [-0.05, 0) is 46.9 Å². The summed E-state index contributed by atoms with van der Waals surface area (Å²) in [6.45, 7) is 6.23. The predicted octanol–water partition coefficient (Wildman–Crippen LogP) is 6.06. The second kappa shape index (κ2) is 13.1. The first kappa shape index (κ1) is 27.3. The molecule has 8 heteroatoms. The number of carbonyl (C=O) groups is 1. The summed E-state index contributed by atoms with van der Waals surface area (Å²) in [5, 5.41) is 8.99. The maximum absolute atomic E-state index is 13.9. The standard InChI is InChI=1S/C29H31F2N5O/c1-5-6-7-24(19(2)22-12-13-25(30)26(31)14-22)28(32-3)34-16-20-8-10-21(11-9-20)23-15-27(36-18-37)29(33-4)35-17-23/h5,7-15,17-19H,1,6,16H2,2-4H3,(H,32,34)(H,33,35)(H,36,37)/b24-7-. The molecule has 0 spiro atoms. The second-order valence-electron chi connectivity index (χ2n) is 8.33. The monoisotopic (exact) mass is 503 g/mol. The van der Waals surface area contributed by atoms with Crippen LogP contribution < -0.4 is 16.0 Å². The van der Waals surface area contributed by atoms with Gasteiger partial charge in [-0.2, -0.15) is 0 Å². The first-order chi connectivity index (χ1) is 17.9. The van der Waals surface area contributed by atoms with Crippen LogP contribution in [0.25, 0.3) is 11.1 Å². The van der Waals surface area contributed by atoms with Gasteiger partial charge in [0.2, 0.25) is 6.41 Å². The van der Waals surface area contributed by atoms with Crippen molar-refractivity contribution in [1.29, 1.82) is 0 Å². The number of carbonyl (C=O) groups excluding carboxylic acids is 1. The summed E-state index contributed by atoms with van der Waals surface area (Å²) in [5.74, 6) is -0.713. The lowest BCUT2D eigenvalue weighted by Gasteiger charge is -2.20. The fourth-order valence-electron chi connectivity index (χ4n) is 3.96. The molecule has 37 heavy (non-hydrogen) atoms. The third-order valence-corrected chi connectivity index (χ3v) is 6.00. The Hall–Kier alpha value is -4.33. The van der Waals surface area contributed by atoms with E-state index in [1.54, 1.807) is 32.4 Å². The van der Waals surface area contributed by atoms with Crippen LogP contribution >= 0.6 is 0 Å². The predicted molar refractivity (Wildman–Crippen MR) is 147 cm³/mol. The molecular formula is C29H31F2N5O. The van der Waals surface area contributed by atoms with Gasteiger partial charge in [0.1, 0.15) is 11.7 Å². The van der Waals surface area contributed by atoms with Crippen molar-refractivity contribution in [2.24, 2.45) is 4.99 Å². The Morgan fingerprint density at radius 2 is 1.86 bits per heavy atom. The van der Waals surface area contributed by atoms with E-state index < -0.39 is 11.6 Å². The molecule has 0 fully saturated rings. The number of amidine groups is 1. The van der Waals surface area contributed by atoms with Crippen LogP contribution in [0, 0.1) is 11.6 Å². The highest BCUT2D eigenvalue weighted by Crippen LogP contribution is 2.28. The van der Waals surface area contributed by atoms with Gasteiger partial charge < -0.3 is 16.0 Å². The summed E-state index contributed by atoms with van der Waals surface area (Å²) in [5.41, 5.74) is 4.97. The molecule has 2 aromatic carbocycles. The van der Waals surface area contributed by atoms with Crippen molar-refractivity contribution in [2.45, 2.75) is 25.8 Å². The van der Waals surface area contributed by atoms with Gasteiger partial charge in [0, 0.05) is 38.3 Å². The van der Waals surface area contributed by atoms with Gasteiger partial charge in [-0.1, -0.05) is 49.4 Å². The molecule has 0 aliphatic heterocycles. The van der Waals surface area contributed by atoms with Crippen molar-refractivity contribution in [3.05, 3.63) is 102 Å². The number of aromatic nitrogens is 1. The third-order valence-electron chi connectivity index (χ3n) is 6.00. The molecule has 6 nitrogen and oxygen atoms in total. The number of benzene rings is 2. The lowest BCUT2D eigenvalue weighted by molar-refractivity contribution is -0.105. The van der Waals surface area contributed by atoms with E-state index in [0.717, 1.165) is 28.3 Å². The van der Waals surface area contributed by atoms with E-state index in [2.05, 4.69) is 32.5 Å². The number of nitrogens with zero attached hydrogens (tertiary/aromatic N) is 2. The van der Waals surface area contributed by atoms with Crippen LogP contribution in [-0.4, -0.2) is 31.3 Å². The average molecular weight is 504 g/mol. The zero-order chi connectivity index (χ0) is 26.8. The second-order valence-corrected chi connectivity index (χ2v) is 8.33. The topological polar surface area (TPSA) is 78.4 Å². The Bertz CT molecular complexity index is 1300. The SMILES string of the molecule is C=CC/C=C(\C(=N/C)NCc1ccc(-c2cnc(NC)c(NC=O)c2)cc1)C(C)c1ccc(F)c(F)c1. The molecule has 0 radical (unpaired) electrons. The first-order valence-corrected chi connectivity index (χ1v) is 11.9. The van der Waals surface area contributed by atoms with Crippen LogP contribution in [-0.2, 0) is 11.3 Å².